The molecule has 0 bridgehead atoms. The van der Waals surface area contributed by atoms with Gasteiger partial charge >= 0.3 is 5.97 Å². The summed E-state index contributed by atoms with van der Waals surface area (Å²) in [7, 11) is 0. The predicted molar refractivity (Wildman–Crippen MR) is 115 cm³/mol. The molecule has 0 aliphatic carbocycles. The van der Waals surface area contributed by atoms with Crippen LogP contribution < -0.4 is 30.2 Å². The Hall–Kier alpha value is -3.95. The predicted octanol–water partition coefficient (Wildman–Crippen LogP) is 2.84. The number of halogens is 1. The zero-order valence-corrected chi connectivity index (χ0v) is 17.2. The van der Waals surface area contributed by atoms with Gasteiger partial charge < -0.3 is 30.0 Å². The van der Waals surface area contributed by atoms with Crippen molar-refractivity contribution in [1.82, 2.24) is 0 Å². The van der Waals surface area contributed by atoms with Crippen molar-refractivity contribution in [2.45, 2.75) is 19.2 Å². The van der Waals surface area contributed by atoms with Crippen LogP contribution >= 0.6 is 0 Å². The molecule has 0 fully saturated rings. The maximum absolute atomic E-state index is 15.0. The summed E-state index contributed by atoms with van der Waals surface area (Å²) in [6.45, 7) is 2.89. The second-order valence-corrected chi connectivity index (χ2v) is 7.22. The molecular weight excluding hydrogens is 419 g/mol. The van der Waals surface area contributed by atoms with E-state index in [0.29, 0.717) is 47.4 Å². The van der Waals surface area contributed by atoms with E-state index in [4.69, 9.17) is 24.7 Å². The fraction of sp³-hybridized carbons (Fsp3) is 0.273. The first kappa shape index (κ1) is 20.0. The number of nitrogens with two attached hydrogens (primary N) is 1. The Morgan fingerprint density at radius 2 is 2.09 bits per heavy atom. The number of benzene rings is 2. The van der Waals surface area contributed by atoms with E-state index in [0.717, 1.165) is 6.20 Å². The minimum absolute atomic E-state index is 0.0676. The van der Waals surface area contributed by atoms with Gasteiger partial charge in [0.15, 0.2) is 29.2 Å². The number of para-hydroxylation sites is 1. The van der Waals surface area contributed by atoms with Gasteiger partial charge in [0, 0.05) is 17.3 Å². The van der Waals surface area contributed by atoms with E-state index in [1.807, 2.05) is 0 Å². The van der Waals surface area contributed by atoms with Crippen LogP contribution in [0.5, 0.6) is 17.2 Å². The van der Waals surface area contributed by atoms with Crippen molar-refractivity contribution in [3.63, 3.8) is 0 Å². The molecule has 9 nitrogen and oxygen atoms in total. The quantitative estimate of drug-likeness (QED) is 0.684. The van der Waals surface area contributed by atoms with E-state index in [-0.39, 0.29) is 12.6 Å². The Balaban J connectivity index is 1.46. The van der Waals surface area contributed by atoms with E-state index in [2.05, 4.69) is 10.3 Å². The number of nitrogens with one attached hydrogen (secondary N) is 1. The molecule has 3 N–H and O–H groups in total. The van der Waals surface area contributed by atoms with Gasteiger partial charge in [0.05, 0.1) is 18.5 Å². The number of ether oxygens (including phenoxy) is 4. The first-order valence-corrected chi connectivity index (χ1v) is 10.2. The van der Waals surface area contributed by atoms with Gasteiger partial charge in [0.1, 0.15) is 13.2 Å². The zero-order valence-electron chi connectivity index (χ0n) is 17.2. The van der Waals surface area contributed by atoms with Gasteiger partial charge in [-0.25, -0.2) is 14.2 Å². The number of anilines is 2. The minimum atomic E-state index is -0.994. The summed E-state index contributed by atoms with van der Waals surface area (Å²) in [4.78, 5) is 17.5. The molecule has 32 heavy (non-hydrogen) atoms. The lowest BCUT2D eigenvalue weighted by molar-refractivity contribution is -0.154. The first-order chi connectivity index (χ1) is 15.6. The highest BCUT2D eigenvalue weighted by atomic mass is 19.1. The Morgan fingerprint density at radius 1 is 1.28 bits per heavy atom. The number of rotatable bonds is 5. The Labute approximate surface area is 183 Å². The van der Waals surface area contributed by atoms with Crippen molar-refractivity contribution in [3.05, 3.63) is 54.0 Å². The van der Waals surface area contributed by atoms with E-state index in [1.165, 1.54) is 4.90 Å². The number of carbonyl (C=O) groups excluding carboxylic acids is 1. The Morgan fingerprint density at radius 3 is 2.91 bits per heavy atom. The van der Waals surface area contributed by atoms with Crippen LogP contribution in [0.1, 0.15) is 18.6 Å². The standard InChI is InChI=1S/C22H21FN4O5/c1-2-29-21(28)19-13-4-3-5-15(18(13)32-19)27-20(14(23)11-25-22(27)24)26-12-6-7-16-17(10-12)31-9-8-30-16/h3-7,10-11,19-20,26H,2,8-9H2,1H3,(H2,24,25). The van der Waals surface area contributed by atoms with E-state index in [9.17, 15) is 9.18 Å². The molecule has 2 aromatic rings. The van der Waals surface area contributed by atoms with Gasteiger partial charge in [0.2, 0.25) is 12.1 Å². The third-order valence-electron chi connectivity index (χ3n) is 5.24. The third-order valence-corrected chi connectivity index (χ3v) is 5.24. The number of esters is 1. The highest BCUT2D eigenvalue weighted by Gasteiger charge is 2.41. The van der Waals surface area contributed by atoms with Crippen molar-refractivity contribution in [2.24, 2.45) is 10.7 Å². The van der Waals surface area contributed by atoms with Crippen molar-refractivity contribution in [2.75, 3.05) is 30.0 Å². The highest BCUT2D eigenvalue weighted by molar-refractivity contribution is 6.00. The van der Waals surface area contributed by atoms with Crippen molar-refractivity contribution < 1.29 is 28.1 Å². The lowest BCUT2D eigenvalue weighted by atomic mass is 10.0. The Bertz CT molecular complexity index is 1140. The lowest BCUT2D eigenvalue weighted by Gasteiger charge is -2.39. The van der Waals surface area contributed by atoms with Crippen molar-refractivity contribution in [1.29, 1.82) is 0 Å². The number of guanidine groups is 1. The first-order valence-electron chi connectivity index (χ1n) is 10.2. The molecule has 2 aromatic carbocycles. The average molecular weight is 440 g/mol. The summed E-state index contributed by atoms with van der Waals surface area (Å²) >= 11 is 0. The minimum Gasteiger partial charge on any atom is -0.486 e. The highest BCUT2D eigenvalue weighted by Crippen LogP contribution is 2.48. The van der Waals surface area contributed by atoms with Crippen LogP contribution in [0.4, 0.5) is 15.8 Å². The zero-order chi connectivity index (χ0) is 22.2. The largest absolute Gasteiger partial charge is 0.486 e. The SMILES string of the molecule is CCOC(=O)C1Oc2c1cccc2N1C(N)=NC=C(F)C1Nc1ccc2c(c1)OCCO2. The summed E-state index contributed by atoms with van der Waals surface area (Å²) in [5, 5.41) is 3.12. The molecule has 3 aliphatic rings. The summed E-state index contributed by atoms with van der Waals surface area (Å²) in [6, 6.07) is 10.5. The molecule has 166 valence electrons. The molecule has 3 heterocycles. The fourth-order valence-corrected chi connectivity index (χ4v) is 3.79. The second-order valence-electron chi connectivity index (χ2n) is 7.22. The van der Waals surface area contributed by atoms with Gasteiger partial charge in [-0.3, -0.25) is 4.90 Å². The number of aliphatic imine (C=N–C) groups is 1. The van der Waals surface area contributed by atoms with Crippen LogP contribution in [0.15, 0.2) is 53.4 Å². The molecule has 0 saturated carbocycles. The second kappa shape index (κ2) is 7.95. The van der Waals surface area contributed by atoms with Gasteiger partial charge in [0.25, 0.3) is 0 Å². The molecule has 0 amide bonds. The van der Waals surface area contributed by atoms with Gasteiger partial charge in [-0.1, -0.05) is 12.1 Å². The van der Waals surface area contributed by atoms with Crippen LogP contribution in [-0.2, 0) is 9.53 Å². The lowest BCUT2D eigenvalue weighted by Crippen LogP contribution is -2.51. The molecule has 2 unspecified atom stereocenters. The van der Waals surface area contributed by atoms with E-state index >= 15 is 0 Å². The molecule has 5 rings (SSSR count). The smallest absolute Gasteiger partial charge is 0.352 e. The van der Waals surface area contributed by atoms with Crippen LogP contribution in [0, 0.1) is 0 Å². The molecule has 3 aliphatic heterocycles. The van der Waals surface area contributed by atoms with Crippen LogP contribution in [-0.4, -0.2) is 37.9 Å². The maximum Gasteiger partial charge on any atom is 0.352 e. The normalized spacial score (nSPS) is 20.8. The van der Waals surface area contributed by atoms with Crippen LogP contribution in [0.3, 0.4) is 0 Å². The molecule has 2 atom stereocenters. The Kier molecular flexibility index (Phi) is 4.96. The topological polar surface area (TPSA) is 108 Å². The summed E-state index contributed by atoms with van der Waals surface area (Å²) < 4.78 is 36.9. The summed E-state index contributed by atoms with van der Waals surface area (Å²) in [5.74, 6) is 0.661. The number of carbonyl (C=O) groups is 1. The van der Waals surface area contributed by atoms with Gasteiger partial charge in [-0.15, -0.1) is 0 Å². The molecule has 0 spiro atoms. The van der Waals surface area contributed by atoms with Crippen LogP contribution in [0.2, 0.25) is 0 Å². The van der Waals surface area contributed by atoms with E-state index in [1.54, 1.807) is 43.3 Å². The van der Waals surface area contributed by atoms with E-state index < -0.39 is 24.1 Å². The molecular formula is C22H21FN4O5. The van der Waals surface area contributed by atoms with Gasteiger partial charge in [-0.2, -0.15) is 0 Å². The molecule has 0 radical (unpaired) electrons. The fourth-order valence-electron chi connectivity index (χ4n) is 3.79. The maximum atomic E-state index is 15.0. The van der Waals surface area contributed by atoms with Gasteiger partial charge in [-0.05, 0) is 25.1 Å². The number of hydrogen-bond acceptors (Lipinski definition) is 9. The summed E-state index contributed by atoms with van der Waals surface area (Å²) in [6.07, 6.45) is -0.747. The molecule has 0 saturated heterocycles. The van der Waals surface area contributed by atoms with Crippen molar-refractivity contribution >= 4 is 23.3 Å². The molecule has 0 aromatic heterocycles. The average Bonchev–Trinajstić information content (AvgIpc) is 2.77. The van der Waals surface area contributed by atoms with Crippen LogP contribution in [0.25, 0.3) is 0 Å². The summed E-state index contributed by atoms with van der Waals surface area (Å²) in [5.41, 5.74) is 7.86. The monoisotopic (exact) mass is 440 g/mol. The number of fused-ring (bicyclic) bond motifs is 2. The molecule has 10 heteroatoms. The van der Waals surface area contributed by atoms with Crippen molar-refractivity contribution in [3.8, 4) is 17.2 Å². The number of hydrogen-bond donors (Lipinski definition) is 2. The number of nitrogens with zero attached hydrogens (tertiary/aromatic N) is 2. The third kappa shape index (κ3) is 3.33.